The Morgan fingerprint density at radius 1 is 1.04 bits per heavy atom. The van der Waals surface area contributed by atoms with Crippen molar-refractivity contribution in [3.63, 3.8) is 0 Å². The van der Waals surface area contributed by atoms with E-state index in [9.17, 15) is 21.6 Å². The van der Waals surface area contributed by atoms with Gasteiger partial charge in [-0.2, -0.15) is 13.2 Å². The Hall–Kier alpha value is -2.13. The van der Waals surface area contributed by atoms with Gasteiger partial charge in [-0.15, -0.1) is 0 Å². The Labute approximate surface area is 162 Å². The van der Waals surface area contributed by atoms with Gasteiger partial charge in [0.2, 0.25) is 10.0 Å². The summed E-state index contributed by atoms with van der Waals surface area (Å²) in [7, 11) is -4.32. The first-order chi connectivity index (χ1) is 13.3. The molecule has 1 N–H and O–H groups in total. The third kappa shape index (κ3) is 5.02. The van der Waals surface area contributed by atoms with Gasteiger partial charge >= 0.3 is 6.18 Å². The van der Waals surface area contributed by atoms with Gasteiger partial charge in [0.1, 0.15) is 5.82 Å². The van der Waals surface area contributed by atoms with Gasteiger partial charge in [0.15, 0.2) is 0 Å². The predicted octanol–water partition coefficient (Wildman–Crippen LogP) is 3.96. The molecule has 0 saturated carbocycles. The van der Waals surface area contributed by atoms with E-state index in [0.29, 0.717) is 5.56 Å². The smallest absolute Gasteiger partial charge is 0.357 e. The molecule has 1 aliphatic rings. The highest BCUT2D eigenvalue weighted by atomic mass is 32.2. The summed E-state index contributed by atoms with van der Waals surface area (Å²) < 4.78 is 66.6. The second kappa shape index (κ2) is 8.48. The van der Waals surface area contributed by atoms with Crippen LogP contribution >= 0.6 is 0 Å². The average molecular weight is 413 g/mol. The minimum atomic E-state index is -4.75. The molecule has 1 saturated heterocycles. The fraction of sp³-hybridized carbons (Fsp3) is 0.421. The molecule has 1 fully saturated rings. The van der Waals surface area contributed by atoms with Gasteiger partial charge in [0, 0.05) is 25.8 Å². The number of nitrogens with one attached hydrogen (secondary N) is 1. The number of sulfonamides is 1. The van der Waals surface area contributed by atoms with E-state index in [1.807, 2.05) is 0 Å². The molecule has 3 rings (SSSR count). The van der Waals surface area contributed by atoms with Crippen LogP contribution in [0.1, 0.15) is 36.8 Å². The van der Waals surface area contributed by atoms with E-state index in [1.165, 1.54) is 18.9 Å². The number of aromatic nitrogens is 1. The summed E-state index contributed by atoms with van der Waals surface area (Å²) in [4.78, 5) is 5.74. The minimum absolute atomic E-state index is 0.113. The number of hydrogen-bond acceptors (Lipinski definition) is 4. The third-order valence-corrected chi connectivity index (χ3v) is 6.15. The number of halogens is 3. The molecule has 0 spiro atoms. The minimum Gasteiger partial charge on any atom is -0.357 e. The maximum Gasteiger partial charge on any atom is 0.417 e. The highest BCUT2D eigenvalue weighted by molar-refractivity contribution is 7.89. The fourth-order valence-electron chi connectivity index (χ4n) is 3.23. The van der Waals surface area contributed by atoms with Crippen LogP contribution in [0.2, 0.25) is 0 Å². The summed E-state index contributed by atoms with van der Waals surface area (Å²) in [6.45, 7) is 1.67. The van der Waals surface area contributed by atoms with Crippen molar-refractivity contribution in [1.82, 2.24) is 9.71 Å². The van der Waals surface area contributed by atoms with Crippen molar-refractivity contribution in [2.45, 2.75) is 43.3 Å². The van der Waals surface area contributed by atoms with E-state index >= 15 is 0 Å². The van der Waals surface area contributed by atoms with E-state index in [0.717, 1.165) is 49.9 Å². The summed E-state index contributed by atoms with van der Waals surface area (Å²) >= 11 is 0. The van der Waals surface area contributed by atoms with Crippen molar-refractivity contribution in [2.75, 3.05) is 18.0 Å². The van der Waals surface area contributed by atoms with E-state index in [-0.39, 0.29) is 6.54 Å². The maximum atomic E-state index is 13.1. The molecule has 0 aliphatic carbocycles. The first kappa shape index (κ1) is 20.6. The molecule has 0 amide bonds. The molecule has 9 heteroatoms. The Bertz CT molecular complexity index is 909. The number of nitrogens with zero attached hydrogens (tertiary/aromatic N) is 2. The lowest BCUT2D eigenvalue weighted by Gasteiger charge is -2.22. The van der Waals surface area contributed by atoms with Gasteiger partial charge in [-0.3, -0.25) is 0 Å². The van der Waals surface area contributed by atoms with Gasteiger partial charge in [-0.25, -0.2) is 18.1 Å². The van der Waals surface area contributed by atoms with Crippen molar-refractivity contribution in [3.8, 4) is 0 Å². The molecule has 28 heavy (non-hydrogen) atoms. The first-order valence-electron chi connectivity index (χ1n) is 9.13. The van der Waals surface area contributed by atoms with E-state index < -0.39 is 26.7 Å². The second-order valence-corrected chi connectivity index (χ2v) is 8.48. The first-order valence-corrected chi connectivity index (χ1v) is 10.6. The molecular formula is C19H22F3N3O2S. The SMILES string of the molecule is O=S(=O)(NCc1ccnc(N2CCCCCC2)c1)c1ccccc1C(F)(F)F. The van der Waals surface area contributed by atoms with Gasteiger partial charge in [-0.05, 0) is 42.7 Å². The summed E-state index contributed by atoms with van der Waals surface area (Å²) in [6.07, 6.45) is 1.35. The topological polar surface area (TPSA) is 62.3 Å². The highest BCUT2D eigenvalue weighted by Crippen LogP contribution is 2.33. The van der Waals surface area contributed by atoms with E-state index in [1.54, 1.807) is 18.3 Å². The molecule has 5 nitrogen and oxygen atoms in total. The normalized spacial score (nSPS) is 16.0. The predicted molar refractivity (Wildman–Crippen MR) is 100 cm³/mol. The van der Waals surface area contributed by atoms with Crippen LogP contribution in [0.25, 0.3) is 0 Å². The van der Waals surface area contributed by atoms with Crippen molar-refractivity contribution in [2.24, 2.45) is 0 Å². The lowest BCUT2D eigenvalue weighted by Crippen LogP contribution is -2.27. The number of anilines is 1. The standard InChI is InChI=1S/C19H22F3N3O2S/c20-19(21,22)16-7-3-4-8-17(16)28(26,27)24-14-15-9-10-23-18(13-15)25-11-5-1-2-6-12-25/h3-4,7-10,13,24H,1-2,5-6,11-12,14H2. The van der Waals surface area contributed by atoms with Crippen molar-refractivity contribution in [1.29, 1.82) is 0 Å². The average Bonchev–Trinajstić information content (AvgIpc) is 2.96. The van der Waals surface area contributed by atoms with Crippen molar-refractivity contribution < 1.29 is 21.6 Å². The third-order valence-electron chi connectivity index (χ3n) is 4.69. The highest BCUT2D eigenvalue weighted by Gasteiger charge is 2.36. The zero-order chi connectivity index (χ0) is 20.2. The Balaban J connectivity index is 1.76. The number of hydrogen-bond donors (Lipinski definition) is 1. The Morgan fingerprint density at radius 2 is 1.71 bits per heavy atom. The lowest BCUT2D eigenvalue weighted by atomic mass is 10.2. The maximum absolute atomic E-state index is 13.1. The van der Waals surface area contributed by atoms with Crippen LogP contribution in [0.5, 0.6) is 0 Å². The van der Waals surface area contributed by atoms with Crippen molar-refractivity contribution >= 4 is 15.8 Å². The Morgan fingerprint density at radius 3 is 2.39 bits per heavy atom. The summed E-state index contributed by atoms with van der Waals surface area (Å²) in [5, 5.41) is 0. The molecule has 2 aromatic rings. The van der Waals surface area contributed by atoms with Crippen LogP contribution in [-0.2, 0) is 22.7 Å². The lowest BCUT2D eigenvalue weighted by molar-refractivity contribution is -0.139. The van der Waals surface area contributed by atoms with Crippen LogP contribution in [0.3, 0.4) is 0 Å². The van der Waals surface area contributed by atoms with Crippen molar-refractivity contribution in [3.05, 3.63) is 53.7 Å². The number of rotatable bonds is 5. The number of alkyl halides is 3. The molecule has 2 heterocycles. The monoisotopic (exact) mass is 413 g/mol. The number of pyridine rings is 1. The summed E-state index contributed by atoms with van der Waals surface area (Å²) in [5.74, 6) is 0.759. The largest absolute Gasteiger partial charge is 0.417 e. The molecule has 152 valence electrons. The second-order valence-electron chi connectivity index (χ2n) is 6.74. The zero-order valence-corrected chi connectivity index (χ0v) is 16.1. The molecule has 0 radical (unpaired) electrons. The quantitative estimate of drug-likeness (QED) is 0.806. The van der Waals surface area contributed by atoms with Gasteiger partial charge in [-0.1, -0.05) is 25.0 Å². The summed E-state index contributed by atoms with van der Waals surface area (Å²) in [5.41, 5.74) is -0.537. The molecule has 1 aliphatic heterocycles. The van der Waals surface area contributed by atoms with Crippen LogP contribution in [-0.4, -0.2) is 26.5 Å². The molecule has 0 unspecified atom stereocenters. The fourth-order valence-corrected chi connectivity index (χ4v) is 4.48. The number of benzene rings is 1. The molecule has 0 atom stereocenters. The van der Waals surface area contributed by atoms with Crippen LogP contribution < -0.4 is 9.62 Å². The van der Waals surface area contributed by atoms with E-state index in [4.69, 9.17) is 0 Å². The Kier molecular flexibility index (Phi) is 6.24. The van der Waals surface area contributed by atoms with Gasteiger partial charge in [0.05, 0.1) is 10.5 Å². The zero-order valence-electron chi connectivity index (χ0n) is 15.2. The van der Waals surface area contributed by atoms with E-state index in [2.05, 4.69) is 14.6 Å². The molecule has 1 aromatic heterocycles. The molecule has 0 bridgehead atoms. The van der Waals surface area contributed by atoms with Gasteiger partial charge < -0.3 is 4.90 Å². The van der Waals surface area contributed by atoms with Gasteiger partial charge in [0.25, 0.3) is 0 Å². The molecule has 1 aromatic carbocycles. The summed E-state index contributed by atoms with van der Waals surface area (Å²) in [6, 6.07) is 7.59. The molecular weight excluding hydrogens is 391 g/mol. The van der Waals surface area contributed by atoms with Crippen LogP contribution in [0.15, 0.2) is 47.5 Å². The van der Waals surface area contributed by atoms with Crippen LogP contribution in [0, 0.1) is 0 Å². The van der Waals surface area contributed by atoms with Crippen LogP contribution in [0.4, 0.5) is 19.0 Å².